The standard InChI is InChI=1S/C38H50N4O6Si/c1-37(2,3)49(8,9)48-32-23-34(42-24-31(41(4)5)35(39)40-36(42)43)47-33(32)25-46-38(26-13-11-10-12-14-26,27-15-19-29(44-6)20-16-27)28-17-21-30(45-7)22-18-28/h10-22,24,32-34H,23,25H2,1-9H3,(H2,39,40,43)/t32-,33+,34+/m0/s1. The number of hydrogen-bond acceptors (Lipinski definition) is 9. The second-order valence-corrected chi connectivity index (χ2v) is 18.9. The molecule has 1 saturated heterocycles. The molecule has 1 aliphatic rings. The van der Waals surface area contributed by atoms with Crippen molar-refractivity contribution in [2.24, 2.45) is 0 Å². The van der Waals surface area contributed by atoms with E-state index in [1.54, 1.807) is 20.4 Å². The van der Waals surface area contributed by atoms with Gasteiger partial charge in [-0.05, 0) is 59.1 Å². The fourth-order valence-corrected chi connectivity index (χ4v) is 7.36. The van der Waals surface area contributed by atoms with Gasteiger partial charge in [0.25, 0.3) is 0 Å². The van der Waals surface area contributed by atoms with Crippen molar-refractivity contribution in [1.82, 2.24) is 9.55 Å². The number of nitrogen functional groups attached to an aromatic ring is 1. The van der Waals surface area contributed by atoms with E-state index >= 15 is 0 Å². The molecule has 0 aliphatic carbocycles. The van der Waals surface area contributed by atoms with Crippen molar-refractivity contribution in [2.45, 2.75) is 69.4 Å². The van der Waals surface area contributed by atoms with E-state index in [9.17, 15) is 4.79 Å². The van der Waals surface area contributed by atoms with Gasteiger partial charge in [-0.2, -0.15) is 4.98 Å². The molecule has 4 aromatic rings. The zero-order valence-corrected chi connectivity index (χ0v) is 31.1. The molecular weight excluding hydrogens is 637 g/mol. The van der Waals surface area contributed by atoms with E-state index in [1.165, 1.54) is 4.57 Å². The number of methoxy groups -OCH3 is 2. The molecule has 0 spiro atoms. The van der Waals surface area contributed by atoms with E-state index < -0.39 is 31.9 Å². The zero-order valence-electron chi connectivity index (χ0n) is 30.1. The summed E-state index contributed by atoms with van der Waals surface area (Å²) in [6.07, 6.45) is 0.674. The van der Waals surface area contributed by atoms with Gasteiger partial charge in [-0.15, -0.1) is 0 Å². The number of anilines is 2. The van der Waals surface area contributed by atoms with E-state index in [1.807, 2.05) is 85.7 Å². The molecule has 2 N–H and O–H groups in total. The minimum Gasteiger partial charge on any atom is -0.497 e. The summed E-state index contributed by atoms with van der Waals surface area (Å²) >= 11 is 0. The first-order valence-corrected chi connectivity index (χ1v) is 19.5. The second kappa shape index (κ2) is 14.4. The monoisotopic (exact) mass is 686 g/mol. The molecule has 0 saturated carbocycles. The minimum absolute atomic E-state index is 0.0475. The van der Waals surface area contributed by atoms with Crippen LogP contribution in [0.4, 0.5) is 11.5 Å². The molecule has 0 radical (unpaired) electrons. The van der Waals surface area contributed by atoms with Crippen molar-refractivity contribution in [3.8, 4) is 11.5 Å². The third-order valence-electron chi connectivity index (χ3n) is 9.82. The van der Waals surface area contributed by atoms with Gasteiger partial charge in [-0.3, -0.25) is 4.57 Å². The Bertz CT molecular complexity index is 1710. The number of nitrogens with zero attached hydrogens (tertiary/aromatic N) is 3. The summed E-state index contributed by atoms with van der Waals surface area (Å²) in [5.74, 6) is 1.65. The summed E-state index contributed by atoms with van der Waals surface area (Å²) in [5.41, 5.74) is 7.99. The molecule has 49 heavy (non-hydrogen) atoms. The van der Waals surface area contributed by atoms with Crippen LogP contribution in [0, 0.1) is 0 Å². The molecule has 11 heteroatoms. The zero-order chi connectivity index (χ0) is 35.6. The highest BCUT2D eigenvalue weighted by Crippen LogP contribution is 2.45. The summed E-state index contributed by atoms with van der Waals surface area (Å²) in [7, 11) is 4.75. The highest BCUT2D eigenvalue weighted by Gasteiger charge is 2.47. The highest BCUT2D eigenvalue weighted by molar-refractivity contribution is 6.74. The summed E-state index contributed by atoms with van der Waals surface area (Å²) in [4.78, 5) is 19.2. The number of benzene rings is 3. The SMILES string of the molecule is COc1ccc(C(OC[C@H]2O[C@@H](n3cc(N(C)C)c(N)nc3=O)C[C@@H]2O[Si](C)(C)C(C)(C)C)(c2ccccc2)c2ccc(OC)cc2)cc1. The fourth-order valence-electron chi connectivity index (χ4n) is 6.00. The van der Waals surface area contributed by atoms with E-state index in [-0.39, 0.29) is 23.6 Å². The van der Waals surface area contributed by atoms with Crippen LogP contribution >= 0.6 is 0 Å². The summed E-state index contributed by atoms with van der Waals surface area (Å²) < 4.78 is 33.6. The Morgan fingerprint density at radius 1 is 0.898 bits per heavy atom. The molecule has 3 aromatic carbocycles. The Morgan fingerprint density at radius 3 is 1.92 bits per heavy atom. The van der Waals surface area contributed by atoms with E-state index in [0.717, 1.165) is 28.2 Å². The Labute approximate surface area is 290 Å². The maximum Gasteiger partial charge on any atom is 0.351 e. The third-order valence-corrected chi connectivity index (χ3v) is 14.3. The van der Waals surface area contributed by atoms with Crippen LogP contribution in [0.25, 0.3) is 0 Å². The van der Waals surface area contributed by atoms with Crippen LogP contribution in [-0.2, 0) is 19.5 Å². The average Bonchev–Trinajstić information content (AvgIpc) is 3.46. The lowest BCUT2D eigenvalue weighted by Gasteiger charge is -2.40. The quantitative estimate of drug-likeness (QED) is 0.130. The molecule has 1 aliphatic heterocycles. The van der Waals surface area contributed by atoms with Crippen LogP contribution in [0.5, 0.6) is 11.5 Å². The molecular formula is C38H50N4O6Si. The number of rotatable bonds is 12. The van der Waals surface area contributed by atoms with Crippen LogP contribution in [0.3, 0.4) is 0 Å². The van der Waals surface area contributed by atoms with Crippen LogP contribution in [0.15, 0.2) is 89.9 Å². The van der Waals surface area contributed by atoms with Crippen LogP contribution in [0.2, 0.25) is 18.1 Å². The van der Waals surface area contributed by atoms with Gasteiger partial charge in [0.05, 0.1) is 32.6 Å². The smallest absolute Gasteiger partial charge is 0.351 e. The molecule has 1 fully saturated rings. The summed E-state index contributed by atoms with van der Waals surface area (Å²) in [5, 5.41) is -0.0475. The van der Waals surface area contributed by atoms with Crippen molar-refractivity contribution >= 4 is 19.8 Å². The predicted molar refractivity (Wildman–Crippen MR) is 196 cm³/mol. The topological polar surface area (TPSA) is 110 Å². The van der Waals surface area contributed by atoms with Gasteiger partial charge in [0.2, 0.25) is 0 Å². The molecule has 5 rings (SSSR count). The summed E-state index contributed by atoms with van der Waals surface area (Å²) in [6, 6.07) is 26.0. The first-order valence-electron chi connectivity index (χ1n) is 16.6. The maximum absolute atomic E-state index is 13.2. The van der Waals surface area contributed by atoms with Gasteiger partial charge in [-0.1, -0.05) is 75.4 Å². The molecule has 10 nitrogen and oxygen atoms in total. The minimum atomic E-state index is -2.28. The van der Waals surface area contributed by atoms with Crippen molar-refractivity contribution in [2.75, 3.05) is 45.6 Å². The molecule has 3 atom stereocenters. The first kappa shape index (κ1) is 36.1. The fraction of sp³-hybridized carbons (Fsp3) is 0.421. The molecule has 2 heterocycles. The average molecular weight is 687 g/mol. The highest BCUT2D eigenvalue weighted by atomic mass is 28.4. The first-order chi connectivity index (χ1) is 23.2. The number of aromatic nitrogens is 2. The normalized spacial score (nSPS) is 18.3. The Morgan fingerprint density at radius 2 is 1.43 bits per heavy atom. The lowest BCUT2D eigenvalue weighted by molar-refractivity contribution is -0.0927. The van der Waals surface area contributed by atoms with Crippen LogP contribution in [-0.4, -0.2) is 65.0 Å². The number of ether oxygens (including phenoxy) is 4. The Hall–Kier alpha value is -4.16. The van der Waals surface area contributed by atoms with Crippen molar-refractivity contribution < 1.29 is 23.4 Å². The molecule has 262 valence electrons. The van der Waals surface area contributed by atoms with Crippen molar-refractivity contribution in [3.05, 3.63) is 112 Å². The van der Waals surface area contributed by atoms with E-state index in [4.69, 9.17) is 29.1 Å². The number of nitrogens with two attached hydrogens (primary N) is 1. The van der Waals surface area contributed by atoms with Gasteiger partial charge < -0.3 is 34.0 Å². The summed E-state index contributed by atoms with van der Waals surface area (Å²) in [6.45, 7) is 11.3. The van der Waals surface area contributed by atoms with Crippen LogP contribution in [0.1, 0.15) is 50.1 Å². The Balaban J connectivity index is 1.61. The van der Waals surface area contributed by atoms with Crippen LogP contribution < -0.4 is 25.8 Å². The van der Waals surface area contributed by atoms with Gasteiger partial charge >= 0.3 is 5.69 Å². The largest absolute Gasteiger partial charge is 0.497 e. The van der Waals surface area contributed by atoms with Gasteiger partial charge in [0, 0.05) is 26.7 Å². The molecule has 1 aromatic heterocycles. The molecule has 0 unspecified atom stereocenters. The molecule has 0 bridgehead atoms. The lowest BCUT2D eigenvalue weighted by Crippen LogP contribution is -2.47. The third kappa shape index (κ3) is 7.40. The van der Waals surface area contributed by atoms with Crippen molar-refractivity contribution in [1.29, 1.82) is 0 Å². The molecule has 0 amide bonds. The Kier molecular flexibility index (Phi) is 10.6. The van der Waals surface area contributed by atoms with Crippen molar-refractivity contribution in [3.63, 3.8) is 0 Å². The lowest BCUT2D eigenvalue weighted by atomic mass is 9.80. The van der Waals surface area contributed by atoms with Gasteiger partial charge in [0.15, 0.2) is 14.1 Å². The van der Waals surface area contributed by atoms with E-state index in [0.29, 0.717) is 12.1 Å². The second-order valence-electron chi connectivity index (χ2n) is 14.2. The van der Waals surface area contributed by atoms with E-state index in [2.05, 4.69) is 51.0 Å². The maximum atomic E-state index is 13.2. The van der Waals surface area contributed by atoms with Gasteiger partial charge in [0.1, 0.15) is 29.4 Å². The predicted octanol–water partition coefficient (Wildman–Crippen LogP) is 6.60. The number of hydrogen-bond donors (Lipinski definition) is 1. The van der Waals surface area contributed by atoms with Gasteiger partial charge in [-0.25, -0.2) is 4.79 Å².